The first-order valence-corrected chi connectivity index (χ1v) is 6.87. The second kappa shape index (κ2) is 9.83. The minimum atomic E-state index is -1.05. The first-order valence-electron chi connectivity index (χ1n) is 6.87. The number of hydrogen-bond acceptors (Lipinski definition) is 2. The maximum Gasteiger partial charge on any atom is 0.151 e. The van der Waals surface area contributed by atoms with Gasteiger partial charge in [0.05, 0.1) is 0 Å². The molecule has 0 amide bonds. The fourth-order valence-electron chi connectivity index (χ4n) is 1.88. The monoisotopic (exact) mass is 228 g/mol. The summed E-state index contributed by atoms with van der Waals surface area (Å²) < 4.78 is 0. The van der Waals surface area contributed by atoms with E-state index in [4.69, 9.17) is 0 Å². The predicted octanol–water partition coefficient (Wildman–Crippen LogP) is 3.86. The first-order chi connectivity index (χ1) is 7.68. The van der Waals surface area contributed by atoms with Crippen LogP contribution in [0.2, 0.25) is 0 Å². The zero-order chi connectivity index (χ0) is 12.3. The smallest absolute Gasteiger partial charge is 0.151 e. The molecule has 96 valence electrons. The van der Waals surface area contributed by atoms with E-state index in [1.54, 1.807) is 0 Å². The predicted molar refractivity (Wildman–Crippen MR) is 68.5 cm³/mol. The molecule has 2 heteroatoms. The lowest BCUT2D eigenvalue weighted by Gasteiger charge is -2.18. The van der Waals surface area contributed by atoms with Gasteiger partial charge < -0.3 is 9.90 Å². The van der Waals surface area contributed by atoms with Crippen LogP contribution in [0.25, 0.3) is 0 Å². The van der Waals surface area contributed by atoms with E-state index >= 15 is 0 Å². The van der Waals surface area contributed by atoms with Crippen LogP contribution in [0.15, 0.2) is 0 Å². The molecule has 16 heavy (non-hydrogen) atoms. The summed E-state index contributed by atoms with van der Waals surface area (Å²) in [5.74, 6) is 0. The molecular formula is C14H28O2. The lowest BCUT2D eigenvalue weighted by Crippen LogP contribution is -2.29. The Balaban J connectivity index is 3.29. The minimum Gasteiger partial charge on any atom is -0.382 e. The van der Waals surface area contributed by atoms with Crippen LogP contribution < -0.4 is 0 Å². The van der Waals surface area contributed by atoms with Crippen molar-refractivity contribution in [1.29, 1.82) is 0 Å². The summed E-state index contributed by atoms with van der Waals surface area (Å²) in [6.07, 6.45) is 11.8. The zero-order valence-electron chi connectivity index (χ0n) is 11.0. The van der Waals surface area contributed by atoms with Crippen LogP contribution in [0, 0.1) is 0 Å². The molecule has 0 aromatic rings. The number of carbonyl (C=O) groups is 1. The number of aldehydes is 1. The van der Waals surface area contributed by atoms with E-state index in [9.17, 15) is 9.90 Å². The van der Waals surface area contributed by atoms with E-state index in [1.165, 1.54) is 38.5 Å². The zero-order valence-corrected chi connectivity index (χ0v) is 11.0. The molecule has 0 aromatic carbocycles. The third-order valence-corrected chi connectivity index (χ3v) is 3.29. The van der Waals surface area contributed by atoms with Crippen molar-refractivity contribution >= 4 is 6.29 Å². The molecule has 0 rings (SSSR count). The van der Waals surface area contributed by atoms with Crippen molar-refractivity contribution in [3.8, 4) is 0 Å². The Bertz CT molecular complexity index is 168. The van der Waals surface area contributed by atoms with E-state index in [0.29, 0.717) is 19.1 Å². The van der Waals surface area contributed by atoms with Crippen molar-refractivity contribution in [2.45, 2.75) is 83.7 Å². The molecule has 1 unspecified atom stereocenters. The summed E-state index contributed by atoms with van der Waals surface area (Å²) in [6, 6.07) is 0. The van der Waals surface area contributed by atoms with Gasteiger partial charge in [-0.25, -0.2) is 0 Å². The molecule has 1 N–H and O–H groups in total. The van der Waals surface area contributed by atoms with Gasteiger partial charge >= 0.3 is 0 Å². The van der Waals surface area contributed by atoms with Crippen molar-refractivity contribution in [2.75, 3.05) is 0 Å². The molecule has 0 saturated heterocycles. The van der Waals surface area contributed by atoms with E-state index in [2.05, 4.69) is 6.92 Å². The van der Waals surface area contributed by atoms with Gasteiger partial charge in [-0.3, -0.25) is 0 Å². The fourth-order valence-corrected chi connectivity index (χ4v) is 1.88. The van der Waals surface area contributed by atoms with Crippen molar-refractivity contribution in [1.82, 2.24) is 0 Å². The van der Waals surface area contributed by atoms with Crippen LogP contribution in [0.3, 0.4) is 0 Å². The highest BCUT2D eigenvalue weighted by Crippen LogP contribution is 2.17. The molecule has 0 aliphatic heterocycles. The van der Waals surface area contributed by atoms with Crippen LogP contribution in [0.5, 0.6) is 0 Å². The lowest BCUT2D eigenvalue weighted by atomic mass is 9.94. The summed E-state index contributed by atoms with van der Waals surface area (Å²) in [6.45, 7) is 4.09. The van der Waals surface area contributed by atoms with Gasteiger partial charge in [-0.1, -0.05) is 65.2 Å². The second-order valence-electron chi connectivity index (χ2n) is 4.80. The summed E-state index contributed by atoms with van der Waals surface area (Å²) >= 11 is 0. The third kappa shape index (κ3) is 7.86. The van der Waals surface area contributed by atoms with Crippen LogP contribution in [0.4, 0.5) is 0 Å². The quantitative estimate of drug-likeness (QED) is 0.431. The van der Waals surface area contributed by atoms with Gasteiger partial charge in [-0.05, 0) is 12.8 Å². The summed E-state index contributed by atoms with van der Waals surface area (Å²) in [5.41, 5.74) is -1.05. The van der Waals surface area contributed by atoms with E-state index in [-0.39, 0.29) is 0 Å². The van der Waals surface area contributed by atoms with Crippen molar-refractivity contribution in [3.63, 3.8) is 0 Å². The third-order valence-electron chi connectivity index (χ3n) is 3.29. The van der Waals surface area contributed by atoms with Crippen LogP contribution >= 0.6 is 0 Å². The molecule has 2 nitrogen and oxygen atoms in total. The lowest BCUT2D eigenvalue weighted by molar-refractivity contribution is -0.125. The molecule has 0 fully saturated rings. The standard InChI is InChI=1S/C14H28O2/c1-3-5-6-7-8-9-10-11-12-14(16,4-2)13-15/h13,16H,3-12H2,1-2H3. The molecule has 0 heterocycles. The van der Waals surface area contributed by atoms with Gasteiger partial charge in [-0.2, -0.15) is 0 Å². The van der Waals surface area contributed by atoms with E-state index in [0.717, 1.165) is 12.8 Å². The maximum absolute atomic E-state index is 10.6. The molecule has 0 aliphatic carbocycles. The summed E-state index contributed by atoms with van der Waals surface area (Å²) in [5, 5.41) is 9.73. The second-order valence-corrected chi connectivity index (χ2v) is 4.80. The SMILES string of the molecule is CCCCCCCCCCC(O)(C=O)CC. The maximum atomic E-state index is 10.6. The van der Waals surface area contributed by atoms with Crippen LogP contribution in [0.1, 0.15) is 78.1 Å². The van der Waals surface area contributed by atoms with Crippen LogP contribution in [-0.4, -0.2) is 17.0 Å². The Morgan fingerprint density at radius 3 is 1.88 bits per heavy atom. The van der Waals surface area contributed by atoms with Gasteiger partial charge in [0.1, 0.15) is 5.60 Å². The average molecular weight is 228 g/mol. The highest BCUT2D eigenvalue weighted by Gasteiger charge is 2.22. The number of aliphatic hydroxyl groups is 1. The van der Waals surface area contributed by atoms with Gasteiger partial charge in [0.2, 0.25) is 0 Å². The molecule has 0 spiro atoms. The highest BCUT2D eigenvalue weighted by molar-refractivity contribution is 5.61. The Hall–Kier alpha value is -0.370. The Morgan fingerprint density at radius 1 is 0.938 bits per heavy atom. The van der Waals surface area contributed by atoms with Gasteiger partial charge in [0, 0.05) is 0 Å². The topological polar surface area (TPSA) is 37.3 Å². The normalized spacial score (nSPS) is 14.7. The highest BCUT2D eigenvalue weighted by atomic mass is 16.3. The molecular weight excluding hydrogens is 200 g/mol. The van der Waals surface area contributed by atoms with Crippen LogP contribution in [-0.2, 0) is 4.79 Å². The number of hydrogen-bond donors (Lipinski definition) is 1. The number of carbonyl (C=O) groups excluding carboxylic acids is 1. The fraction of sp³-hybridized carbons (Fsp3) is 0.929. The van der Waals surface area contributed by atoms with E-state index < -0.39 is 5.60 Å². The first kappa shape index (κ1) is 15.6. The van der Waals surface area contributed by atoms with E-state index in [1.807, 2.05) is 6.92 Å². The number of unbranched alkanes of at least 4 members (excludes halogenated alkanes) is 7. The molecule has 0 saturated carbocycles. The summed E-state index contributed by atoms with van der Waals surface area (Å²) in [7, 11) is 0. The summed E-state index contributed by atoms with van der Waals surface area (Å²) in [4.78, 5) is 10.6. The molecule has 0 aromatic heterocycles. The van der Waals surface area contributed by atoms with Crippen molar-refractivity contribution < 1.29 is 9.90 Å². The Kier molecular flexibility index (Phi) is 9.60. The average Bonchev–Trinajstić information content (AvgIpc) is 2.32. The molecule has 0 radical (unpaired) electrons. The molecule has 1 atom stereocenters. The van der Waals surface area contributed by atoms with Gasteiger partial charge in [0.25, 0.3) is 0 Å². The molecule has 0 bridgehead atoms. The van der Waals surface area contributed by atoms with Gasteiger partial charge in [0.15, 0.2) is 6.29 Å². The minimum absolute atomic E-state index is 0.535. The van der Waals surface area contributed by atoms with Gasteiger partial charge in [-0.15, -0.1) is 0 Å². The van der Waals surface area contributed by atoms with Crippen molar-refractivity contribution in [3.05, 3.63) is 0 Å². The van der Waals surface area contributed by atoms with Crippen molar-refractivity contribution in [2.24, 2.45) is 0 Å². The Labute approximate surface area is 100 Å². The largest absolute Gasteiger partial charge is 0.382 e. The Morgan fingerprint density at radius 2 is 1.44 bits per heavy atom. The molecule has 0 aliphatic rings. The number of rotatable bonds is 11.